The second-order valence-electron chi connectivity index (χ2n) is 8.64. The standard InChI is InChI=1S/C29H29N3O5S/c1-5-36-28(34)23-16(3)31-17(4)24(29(35)37-6-2)25(23)20-9-7-8-10-21(20)27-32-22(15-38-27)18-11-13-19(14-12-18)26(30)33/h7-15,25,31H,5-6H2,1-4H3,(H2,30,33). The van der Waals surface area contributed by atoms with E-state index in [2.05, 4.69) is 5.32 Å². The summed E-state index contributed by atoms with van der Waals surface area (Å²) in [5.41, 5.74) is 10.8. The van der Waals surface area contributed by atoms with Crippen molar-refractivity contribution in [2.24, 2.45) is 5.73 Å². The quantitative estimate of drug-likeness (QED) is 0.395. The Labute approximate surface area is 225 Å². The molecule has 0 radical (unpaired) electrons. The molecule has 0 saturated carbocycles. The molecule has 1 aliphatic rings. The third-order valence-corrected chi connectivity index (χ3v) is 7.10. The van der Waals surface area contributed by atoms with Crippen molar-refractivity contribution in [3.63, 3.8) is 0 Å². The van der Waals surface area contributed by atoms with Gasteiger partial charge in [-0.2, -0.15) is 0 Å². The van der Waals surface area contributed by atoms with Crippen LogP contribution in [0, 0.1) is 0 Å². The maximum Gasteiger partial charge on any atom is 0.336 e. The van der Waals surface area contributed by atoms with Crippen LogP contribution in [0.4, 0.5) is 0 Å². The average molecular weight is 532 g/mol. The van der Waals surface area contributed by atoms with Crippen molar-refractivity contribution in [1.82, 2.24) is 10.3 Å². The highest BCUT2D eigenvalue weighted by molar-refractivity contribution is 7.13. The van der Waals surface area contributed by atoms with Gasteiger partial charge in [0.2, 0.25) is 5.91 Å². The van der Waals surface area contributed by atoms with Crippen molar-refractivity contribution in [1.29, 1.82) is 0 Å². The fraction of sp³-hybridized carbons (Fsp3) is 0.241. The number of aromatic nitrogens is 1. The molecule has 196 valence electrons. The van der Waals surface area contributed by atoms with Gasteiger partial charge >= 0.3 is 11.9 Å². The number of ether oxygens (including phenoxy) is 2. The van der Waals surface area contributed by atoms with Crippen LogP contribution in [0.2, 0.25) is 0 Å². The Balaban J connectivity index is 1.85. The van der Waals surface area contributed by atoms with E-state index >= 15 is 0 Å². The number of esters is 2. The highest BCUT2D eigenvalue weighted by atomic mass is 32.1. The number of nitrogens with one attached hydrogen (secondary N) is 1. The van der Waals surface area contributed by atoms with Crippen LogP contribution >= 0.6 is 11.3 Å². The van der Waals surface area contributed by atoms with Crippen molar-refractivity contribution in [2.45, 2.75) is 33.6 Å². The Morgan fingerprint density at radius 2 is 1.50 bits per heavy atom. The number of benzene rings is 2. The molecular formula is C29H29N3O5S. The van der Waals surface area contributed by atoms with Gasteiger partial charge in [-0.25, -0.2) is 14.6 Å². The smallest absolute Gasteiger partial charge is 0.336 e. The molecule has 0 unspecified atom stereocenters. The summed E-state index contributed by atoms with van der Waals surface area (Å²) in [6, 6.07) is 14.5. The molecule has 0 spiro atoms. The third-order valence-electron chi connectivity index (χ3n) is 6.22. The number of dihydropyridines is 1. The van der Waals surface area contributed by atoms with Crippen molar-refractivity contribution in [3.8, 4) is 21.8 Å². The van der Waals surface area contributed by atoms with Gasteiger partial charge in [-0.3, -0.25) is 4.79 Å². The molecule has 8 nitrogen and oxygen atoms in total. The highest BCUT2D eigenvalue weighted by Gasteiger charge is 2.39. The first kappa shape index (κ1) is 26.8. The Bertz CT molecular complexity index is 1410. The van der Waals surface area contributed by atoms with Gasteiger partial charge in [0, 0.05) is 33.5 Å². The number of amides is 1. The maximum absolute atomic E-state index is 13.2. The molecule has 0 fully saturated rings. The van der Waals surface area contributed by atoms with Crippen LogP contribution < -0.4 is 11.1 Å². The Kier molecular flexibility index (Phi) is 8.07. The lowest BCUT2D eigenvalue weighted by Gasteiger charge is -2.31. The SMILES string of the molecule is CCOC(=O)C1=C(C)NC(C)=C(C(=O)OCC)C1c1ccccc1-c1nc(-c2ccc(C(N)=O)cc2)cs1. The summed E-state index contributed by atoms with van der Waals surface area (Å²) in [5, 5.41) is 5.81. The number of allylic oxidation sites excluding steroid dienone is 2. The molecule has 38 heavy (non-hydrogen) atoms. The fourth-order valence-corrected chi connectivity index (χ4v) is 5.42. The molecular weight excluding hydrogens is 502 g/mol. The molecule has 1 amide bonds. The minimum absolute atomic E-state index is 0.200. The molecule has 0 bridgehead atoms. The summed E-state index contributed by atoms with van der Waals surface area (Å²) in [5.74, 6) is -2.21. The molecule has 1 aromatic heterocycles. The molecule has 9 heteroatoms. The monoisotopic (exact) mass is 531 g/mol. The van der Waals surface area contributed by atoms with Gasteiger partial charge in [-0.1, -0.05) is 36.4 Å². The third kappa shape index (κ3) is 5.24. The van der Waals surface area contributed by atoms with Gasteiger partial charge in [-0.15, -0.1) is 11.3 Å². The van der Waals surface area contributed by atoms with E-state index in [-0.39, 0.29) is 13.2 Å². The first-order valence-corrected chi connectivity index (χ1v) is 13.1. The summed E-state index contributed by atoms with van der Waals surface area (Å²) in [6.45, 7) is 7.48. The zero-order valence-corrected chi connectivity index (χ0v) is 22.5. The van der Waals surface area contributed by atoms with E-state index in [9.17, 15) is 14.4 Å². The summed E-state index contributed by atoms with van der Waals surface area (Å²) in [4.78, 5) is 42.7. The normalized spacial score (nSPS) is 13.8. The van der Waals surface area contributed by atoms with Crippen LogP contribution in [0.3, 0.4) is 0 Å². The largest absolute Gasteiger partial charge is 0.463 e. The van der Waals surface area contributed by atoms with E-state index in [0.717, 1.165) is 27.4 Å². The van der Waals surface area contributed by atoms with Crippen LogP contribution in [0.1, 0.15) is 49.5 Å². The lowest BCUT2D eigenvalue weighted by molar-refractivity contribution is -0.139. The minimum Gasteiger partial charge on any atom is -0.463 e. The molecule has 3 N–H and O–H groups in total. The second kappa shape index (κ2) is 11.4. The van der Waals surface area contributed by atoms with Crippen LogP contribution in [-0.2, 0) is 19.1 Å². The number of nitrogens with two attached hydrogens (primary N) is 1. The zero-order chi connectivity index (χ0) is 27.4. The zero-order valence-electron chi connectivity index (χ0n) is 21.7. The number of carbonyl (C=O) groups excluding carboxylic acids is 3. The summed E-state index contributed by atoms with van der Waals surface area (Å²) in [6.07, 6.45) is 0. The Hall–Kier alpha value is -4.24. The lowest BCUT2D eigenvalue weighted by atomic mass is 9.78. The number of carbonyl (C=O) groups is 3. The molecule has 4 rings (SSSR count). The number of primary amides is 1. The average Bonchev–Trinajstić information content (AvgIpc) is 3.38. The molecule has 0 aliphatic carbocycles. The lowest BCUT2D eigenvalue weighted by Crippen LogP contribution is -2.32. The predicted molar refractivity (Wildman–Crippen MR) is 146 cm³/mol. The van der Waals surface area contributed by atoms with Crippen molar-refractivity contribution in [2.75, 3.05) is 13.2 Å². The van der Waals surface area contributed by atoms with Crippen molar-refractivity contribution < 1.29 is 23.9 Å². The number of thiazole rings is 1. The number of rotatable bonds is 8. The molecule has 2 aromatic carbocycles. The molecule has 1 aliphatic heterocycles. The first-order chi connectivity index (χ1) is 18.3. The van der Waals surface area contributed by atoms with Crippen LogP contribution in [-0.4, -0.2) is 36.0 Å². The van der Waals surface area contributed by atoms with Crippen LogP contribution in [0.25, 0.3) is 21.8 Å². The van der Waals surface area contributed by atoms with E-state index in [1.807, 2.05) is 29.6 Å². The fourth-order valence-electron chi connectivity index (χ4n) is 4.54. The van der Waals surface area contributed by atoms with Gasteiger partial charge in [0.1, 0.15) is 5.01 Å². The molecule has 0 saturated heterocycles. The number of nitrogens with zero attached hydrogens (tertiary/aromatic N) is 1. The van der Waals surface area contributed by atoms with Gasteiger partial charge < -0.3 is 20.5 Å². The number of hydrogen-bond acceptors (Lipinski definition) is 8. The van der Waals surface area contributed by atoms with Gasteiger partial charge in [0.15, 0.2) is 0 Å². The Morgan fingerprint density at radius 1 is 0.921 bits per heavy atom. The van der Waals surface area contributed by atoms with Crippen molar-refractivity contribution >= 4 is 29.2 Å². The molecule has 3 aromatic rings. The predicted octanol–water partition coefficient (Wildman–Crippen LogP) is 4.94. The van der Waals surface area contributed by atoms with Crippen molar-refractivity contribution in [3.05, 3.63) is 87.6 Å². The highest BCUT2D eigenvalue weighted by Crippen LogP contribution is 2.44. The summed E-state index contributed by atoms with van der Waals surface area (Å²) >= 11 is 1.44. The number of hydrogen-bond donors (Lipinski definition) is 2. The van der Waals surface area contributed by atoms with Gasteiger partial charge in [0.25, 0.3) is 0 Å². The van der Waals surface area contributed by atoms with E-state index in [1.165, 1.54) is 11.3 Å². The van der Waals surface area contributed by atoms with E-state index in [1.54, 1.807) is 52.0 Å². The van der Waals surface area contributed by atoms with E-state index in [0.29, 0.717) is 28.1 Å². The van der Waals surface area contributed by atoms with E-state index < -0.39 is 23.8 Å². The second-order valence-corrected chi connectivity index (χ2v) is 9.50. The Morgan fingerprint density at radius 3 is 2.05 bits per heavy atom. The molecule has 2 heterocycles. The summed E-state index contributed by atoms with van der Waals surface area (Å²) < 4.78 is 10.8. The minimum atomic E-state index is -0.715. The van der Waals surface area contributed by atoms with Gasteiger partial charge in [-0.05, 0) is 45.4 Å². The topological polar surface area (TPSA) is 121 Å². The van der Waals surface area contributed by atoms with Crippen LogP contribution in [0.15, 0.2) is 76.5 Å². The van der Waals surface area contributed by atoms with Gasteiger partial charge in [0.05, 0.1) is 36.0 Å². The summed E-state index contributed by atoms with van der Waals surface area (Å²) in [7, 11) is 0. The van der Waals surface area contributed by atoms with Crippen LogP contribution in [0.5, 0.6) is 0 Å². The first-order valence-electron chi connectivity index (χ1n) is 12.2. The maximum atomic E-state index is 13.2. The van der Waals surface area contributed by atoms with E-state index in [4.69, 9.17) is 20.2 Å². The molecule has 0 atom stereocenters.